The summed E-state index contributed by atoms with van der Waals surface area (Å²) in [4.78, 5) is 39.0. The van der Waals surface area contributed by atoms with Gasteiger partial charge in [-0.1, -0.05) is 18.6 Å². The van der Waals surface area contributed by atoms with E-state index in [2.05, 4.69) is 9.97 Å². The van der Waals surface area contributed by atoms with Crippen LogP contribution in [-0.2, 0) is 0 Å². The van der Waals surface area contributed by atoms with Crippen LogP contribution in [-0.4, -0.2) is 63.4 Å². The first kappa shape index (κ1) is 24.3. The topological polar surface area (TPSA) is 78.5 Å². The van der Waals surface area contributed by atoms with E-state index in [1.165, 1.54) is 0 Å². The first-order valence-electron chi connectivity index (χ1n) is 13.4. The number of benzene rings is 2. The van der Waals surface area contributed by atoms with Crippen molar-refractivity contribution < 1.29 is 14.3 Å². The Morgan fingerprint density at radius 3 is 2.72 bits per heavy atom. The number of ether oxygens (including phenoxy) is 1. The number of para-hydroxylation sites is 1. The molecule has 1 aliphatic heterocycles. The van der Waals surface area contributed by atoms with E-state index in [4.69, 9.17) is 4.74 Å². The molecule has 7 heteroatoms. The molecule has 3 aromatic rings. The molecule has 7 nitrogen and oxygen atoms in total. The summed E-state index contributed by atoms with van der Waals surface area (Å²) in [5.74, 6) is 1.53. The number of aromatic amines is 1. The number of fused-ring (bicyclic) bond motifs is 3. The second-order valence-electron chi connectivity index (χ2n) is 10.0. The molecule has 2 aromatic carbocycles. The Morgan fingerprint density at radius 1 is 1.06 bits per heavy atom. The van der Waals surface area contributed by atoms with Crippen LogP contribution in [0.25, 0.3) is 11.0 Å². The Kier molecular flexibility index (Phi) is 7.25. The van der Waals surface area contributed by atoms with Crippen LogP contribution >= 0.6 is 0 Å². The maximum Gasteiger partial charge on any atom is 0.257 e. The molecular weight excluding hydrogens is 452 g/mol. The zero-order valence-corrected chi connectivity index (χ0v) is 21.3. The van der Waals surface area contributed by atoms with Crippen molar-refractivity contribution in [3.63, 3.8) is 0 Å². The molecular formula is C29H36N4O3. The summed E-state index contributed by atoms with van der Waals surface area (Å²) in [6, 6.07) is 13.3. The smallest absolute Gasteiger partial charge is 0.257 e. The quantitative estimate of drug-likeness (QED) is 0.527. The average Bonchev–Trinajstić information content (AvgIpc) is 3.27. The number of carbonyl (C=O) groups excluding carboxylic acids is 2. The molecule has 1 saturated carbocycles. The van der Waals surface area contributed by atoms with Crippen molar-refractivity contribution in [2.45, 2.75) is 70.9 Å². The first-order valence-corrected chi connectivity index (χ1v) is 13.4. The van der Waals surface area contributed by atoms with Gasteiger partial charge in [-0.15, -0.1) is 0 Å². The summed E-state index contributed by atoms with van der Waals surface area (Å²) >= 11 is 0. The van der Waals surface area contributed by atoms with Gasteiger partial charge in [0.05, 0.1) is 22.6 Å². The predicted molar refractivity (Wildman–Crippen MR) is 140 cm³/mol. The average molecular weight is 489 g/mol. The van der Waals surface area contributed by atoms with Gasteiger partial charge < -0.3 is 19.5 Å². The summed E-state index contributed by atoms with van der Waals surface area (Å²) in [7, 11) is 0. The summed E-state index contributed by atoms with van der Waals surface area (Å²) < 4.78 is 6.61. The van der Waals surface area contributed by atoms with Gasteiger partial charge in [0, 0.05) is 25.2 Å². The number of carbonyl (C=O) groups is 2. The third-order valence-corrected chi connectivity index (χ3v) is 7.57. The van der Waals surface area contributed by atoms with Crippen LogP contribution in [0.4, 0.5) is 0 Å². The van der Waals surface area contributed by atoms with Crippen LogP contribution in [0.5, 0.6) is 5.75 Å². The molecule has 190 valence electrons. The predicted octanol–water partition coefficient (Wildman–Crippen LogP) is 5.35. The lowest BCUT2D eigenvalue weighted by Gasteiger charge is -2.40. The number of H-pyrrole nitrogens is 1. The number of hydrogen-bond acceptors (Lipinski definition) is 4. The van der Waals surface area contributed by atoms with E-state index in [1.807, 2.05) is 66.1 Å². The Bertz CT molecular complexity index is 1240. The van der Waals surface area contributed by atoms with E-state index < -0.39 is 0 Å². The number of rotatable bonds is 2. The van der Waals surface area contributed by atoms with E-state index in [9.17, 15) is 9.59 Å². The summed E-state index contributed by atoms with van der Waals surface area (Å²) in [6.07, 6.45) is 6.53. The second kappa shape index (κ2) is 10.7. The minimum absolute atomic E-state index is 0.0239. The highest BCUT2D eigenvalue weighted by molar-refractivity contribution is 5.98. The highest BCUT2D eigenvalue weighted by Gasteiger charge is 2.36. The van der Waals surface area contributed by atoms with Gasteiger partial charge in [-0.3, -0.25) is 9.59 Å². The third-order valence-electron chi connectivity index (χ3n) is 7.57. The van der Waals surface area contributed by atoms with Crippen LogP contribution in [0.15, 0.2) is 42.5 Å². The molecule has 36 heavy (non-hydrogen) atoms. The monoisotopic (exact) mass is 488 g/mol. The molecule has 5 rings (SSSR count). The van der Waals surface area contributed by atoms with Gasteiger partial charge in [-0.05, 0) is 82.7 Å². The van der Waals surface area contributed by atoms with Gasteiger partial charge in [0.25, 0.3) is 11.8 Å². The lowest BCUT2D eigenvalue weighted by Crippen LogP contribution is -2.51. The van der Waals surface area contributed by atoms with Crippen molar-refractivity contribution in [2.75, 3.05) is 19.6 Å². The molecule has 2 heterocycles. The van der Waals surface area contributed by atoms with E-state index >= 15 is 0 Å². The minimum atomic E-state index is -0.148. The largest absolute Gasteiger partial charge is 0.487 e. The zero-order valence-electron chi connectivity index (χ0n) is 21.3. The Balaban J connectivity index is 1.49. The maximum atomic E-state index is 14.0. The number of aromatic nitrogens is 2. The molecule has 1 aromatic heterocycles. The highest BCUT2D eigenvalue weighted by Crippen LogP contribution is 2.31. The molecule has 1 fully saturated rings. The molecule has 2 atom stereocenters. The molecule has 2 amide bonds. The maximum absolute atomic E-state index is 14.0. The Morgan fingerprint density at radius 2 is 1.86 bits per heavy atom. The van der Waals surface area contributed by atoms with Gasteiger partial charge in [0.2, 0.25) is 0 Å². The van der Waals surface area contributed by atoms with E-state index in [1.54, 1.807) is 0 Å². The molecule has 0 spiro atoms. The first-order chi connectivity index (χ1) is 17.5. The SMILES string of the molecule is CCN1CCCCCN(C(=O)c2ccc3nc(C)[nH]c3c2)[C@@H]2CCCC[C@@H]2Oc2ccccc2C1=O. The number of nitrogens with one attached hydrogen (secondary N) is 1. The molecule has 0 saturated heterocycles. The van der Waals surface area contributed by atoms with Crippen LogP contribution in [0.2, 0.25) is 0 Å². The molecule has 1 N–H and O–H groups in total. The summed E-state index contributed by atoms with van der Waals surface area (Å²) in [5.41, 5.74) is 3.04. The van der Waals surface area contributed by atoms with Gasteiger partial charge in [-0.25, -0.2) is 4.98 Å². The lowest BCUT2D eigenvalue weighted by molar-refractivity contribution is 0.0273. The molecule has 1 aliphatic carbocycles. The van der Waals surface area contributed by atoms with Gasteiger partial charge in [0.1, 0.15) is 17.7 Å². The molecule has 0 unspecified atom stereocenters. The lowest BCUT2D eigenvalue weighted by atomic mass is 9.90. The van der Waals surface area contributed by atoms with E-state index in [-0.39, 0.29) is 24.0 Å². The minimum Gasteiger partial charge on any atom is -0.487 e. The zero-order chi connectivity index (χ0) is 25.1. The van der Waals surface area contributed by atoms with Crippen LogP contribution in [0, 0.1) is 6.92 Å². The Labute approximate surface area is 212 Å². The van der Waals surface area contributed by atoms with Crippen LogP contribution in [0.3, 0.4) is 0 Å². The van der Waals surface area contributed by atoms with E-state index in [0.717, 1.165) is 61.8 Å². The molecule has 0 radical (unpaired) electrons. The van der Waals surface area contributed by atoms with Crippen molar-refractivity contribution in [1.82, 2.24) is 19.8 Å². The second-order valence-corrected chi connectivity index (χ2v) is 10.0. The van der Waals surface area contributed by atoms with Crippen molar-refractivity contribution in [3.8, 4) is 5.75 Å². The van der Waals surface area contributed by atoms with Crippen molar-refractivity contribution >= 4 is 22.8 Å². The fourth-order valence-electron chi connectivity index (χ4n) is 5.67. The fraction of sp³-hybridized carbons (Fsp3) is 0.483. The van der Waals surface area contributed by atoms with Gasteiger partial charge in [0.15, 0.2) is 0 Å². The summed E-state index contributed by atoms with van der Waals surface area (Å²) in [5, 5.41) is 0. The van der Waals surface area contributed by atoms with Gasteiger partial charge in [-0.2, -0.15) is 0 Å². The molecule has 2 aliphatic rings. The normalized spacial score (nSPS) is 21.6. The standard InChI is InChI=1S/C29H36N4O3/c1-3-32-17-9-4-10-18-33(28(34)21-15-16-23-24(19-21)31-20(2)30-23)25-12-6-8-14-27(25)36-26-13-7-5-11-22(26)29(32)35/h5,7,11,13,15-16,19,25,27H,3-4,6,8-10,12,14,17-18H2,1-2H3,(H,30,31)/t25-,27+/m1/s1. The van der Waals surface area contributed by atoms with Crippen molar-refractivity contribution in [3.05, 3.63) is 59.4 Å². The van der Waals surface area contributed by atoms with E-state index in [0.29, 0.717) is 36.5 Å². The fourth-order valence-corrected chi connectivity index (χ4v) is 5.67. The highest BCUT2D eigenvalue weighted by atomic mass is 16.5. The summed E-state index contributed by atoms with van der Waals surface area (Å²) in [6.45, 7) is 6.01. The number of nitrogens with zero attached hydrogens (tertiary/aromatic N) is 3. The molecule has 0 bridgehead atoms. The number of imidazole rings is 1. The van der Waals surface area contributed by atoms with Crippen LogP contribution in [0.1, 0.15) is 78.4 Å². The number of amides is 2. The third kappa shape index (κ3) is 4.97. The van der Waals surface area contributed by atoms with Crippen molar-refractivity contribution in [2.24, 2.45) is 0 Å². The number of aryl methyl sites for hydroxylation is 1. The van der Waals surface area contributed by atoms with Crippen molar-refractivity contribution in [1.29, 1.82) is 0 Å². The Hall–Kier alpha value is -3.35. The number of hydrogen-bond donors (Lipinski definition) is 1. The van der Waals surface area contributed by atoms with Crippen LogP contribution < -0.4 is 4.74 Å². The van der Waals surface area contributed by atoms with Gasteiger partial charge >= 0.3 is 0 Å².